The van der Waals surface area contributed by atoms with Crippen molar-refractivity contribution in [2.24, 2.45) is 11.3 Å². The number of rotatable bonds is 2. The van der Waals surface area contributed by atoms with Crippen LogP contribution in [0.5, 0.6) is 0 Å². The van der Waals surface area contributed by atoms with E-state index in [1.165, 1.54) is 32.1 Å². The van der Waals surface area contributed by atoms with E-state index in [0.29, 0.717) is 5.41 Å². The predicted octanol–water partition coefficient (Wildman–Crippen LogP) is 4.51. The van der Waals surface area contributed by atoms with Gasteiger partial charge in [-0.05, 0) is 54.9 Å². The summed E-state index contributed by atoms with van der Waals surface area (Å²) in [5.41, 5.74) is 0.617. The summed E-state index contributed by atoms with van der Waals surface area (Å²) >= 11 is 1.92. The zero-order valence-electron chi connectivity index (χ0n) is 9.25. The Kier molecular flexibility index (Phi) is 2.96. The summed E-state index contributed by atoms with van der Waals surface area (Å²) in [6.07, 6.45) is 7.04. The van der Waals surface area contributed by atoms with Crippen molar-refractivity contribution in [3.8, 4) is 0 Å². The van der Waals surface area contributed by atoms with Crippen LogP contribution in [0.3, 0.4) is 0 Å². The number of hydrogen-bond donors (Lipinski definition) is 0. The molecule has 1 aliphatic carbocycles. The largest absolute Gasteiger partial charge is 0.149 e. The van der Waals surface area contributed by atoms with Gasteiger partial charge >= 0.3 is 0 Å². The van der Waals surface area contributed by atoms with Crippen LogP contribution in [-0.4, -0.2) is 0 Å². The average molecular weight is 208 g/mol. The lowest BCUT2D eigenvalue weighted by Crippen LogP contribution is -2.22. The molecule has 0 nitrogen and oxygen atoms in total. The highest BCUT2D eigenvalue weighted by molar-refractivity contribution is 7.09. The molecule has 0 amide bonds. The maximum atomic E-state index is 2.41. The second-order valence-electron chi connectivity index (χ2n) is 5.39. The van der Waals surface area contributed by atoms with Gasteiger partial charge in [0.05, 0.1) is 0 Å². The SMILES string of the molecule is CC1(C)CCC(Cc2cccs2)CC1. The van der Waals surface area contributed by atoms with E-state index in [-0.39, 0.29) is 0 Å². The van der Waals surface area contributed by atoms with Crippen molar-refractivity contribution in [1.82, 2.24) is 0 Å². The highest BCUT2D eigenvalue weighted by Gasteiger charge is 2.26. The molecule has 2 rings (SSSR count). The zero-order valence-corrected chi connectivity index (χ0v) is 10.1. The number of thiophene rings is 1. The first kappa shape index (κ1) is 10.2. The molecule has 1 heteroatoms. The molecular formula is C13H20S. The average Bonchev–Trinajstić information content (AvgIpc) is 2.61. The topological polar surface area (TPSA) is 0 Å². The summed E-state index contributed by atoms with van der Waals surface area (Å²) in [4.78, 5) is 1.58. The third kappa shape index (κ3) is 2.60. The molecular weight excluding hydrogens is 188 g/mol. The minimum atomic E-state index is 0.617. The van der Waals surface area contributed by atoms with Crippen LogP contribution in [0.1, 0.15) is 44.4 Å². The van der Waals surface area contributed by atoms with Crippen molar-refractivity contribution < 1.29 is 0 Å². The molecule has 14 heavy (non-hydrogen) atoms. The minimum Gasteiger partial charge on any atom is -0.149 e. The molecule has 0 saturated heterocycles. The summed E-state index contributed by atoms with van der Waals surface area (Å²) in [6, 6.07) is 4.46. The van der Waals surface area contributed by atoms with Gasteiger partial charge in [-0.25, -0.2) is 0 Å². The van der Waals surface area contributed by atoms with Gasteiger partial charge in [0, 0.05) is 4.88 Å². The van der Waals surface area contributed by atoms with E-state index in [2.05, 4.69) is 31.4 Å². The molecule has 0 aliphatic heterocycles. The molecule has 0 aromatic carbocycles. The molecule has 0 radical (unpaired) electrons. The van der Waals surface area contributed by atoms with Crippen LogP contribution in [0.2, 0.25) is 0 Å². The smallest absolute Gasteiger partial charge is 0.00479 e. The second kappa shape index (κ2) is 4.06. The molecule has 0 bridgehead atoms. The maximum Gasteiger partial charge on any atom is 0.00479 e. The van der Waals surface area contributed by atoms with Crippen molar-refractivity contribution >= 4 is 11.3 Å². The fourth-order valence-corrected chi connectivity index (χ4v) is 3.20. The third-order valence-corrected chi connectivity index (χ3v) is 4.43. The molecule has 0 atom stereocenters. The fraction of sp³-hybridized carbons (Fsp3) is 0.692. The first-order valence-electron chi connectivity index (χ1n) is 5.68. The molecule has 0 N–H and O–H groups in total. The molecule has 78 valence electrons. The lowest BCUT2D eigenvalue weighted by atomic mass is 9.72. The quantitative estimate of drug-likeness (QED) is 0.671. The summed E-state index contributed by atoms with van der Waals surface area (Å²) in [7, 11) is 0. The normalized spacial score (nSPS) is 22.4. The Morgan fingerprint density at radius 3 is 2.64 bits per heavy atom. The minimum absolute atomic E-state index is 0.617. The monoisotopic (exact) mass is 208 g/mol. The fourth-order valence-electron chi connectivity index (χ4n) is 2.38. The Bertz CT molecular complexity index is 261. The van der Waals surface area contributed by atoms with E-state index >= 15 is 0 Å². The van der Waals surface area contributed by atoms with Gasteiger partial charge in [-0.1, -0.05) is 19.9 Å². The Morgan fingerprint density at radius 2 is 2.07 bits per heavy atom. The zero-order chi connectivity index (χ0) is 10.0. The lowest BCUT2D eigenvalue weighted by Gasteiger charge is -2.34. The van der Waals surface area contributed by atoms with Crippen LogP contribution in [-0.2, 0) is 6.42 Å². The summed E-state index contributed by atoms with van der Waals surface area (Å²) in [5, 5.41) is 2.20. The van der Waals surface area contributed by atoms with Crippen LogP contribution >= 0.6 is 11.3 Å². The maximum absolute atomic E-state index is 2.41. The standard InChI is InChI=1S/C13H20S/c1-13(2)7-5-11(6-8-13)10-12-4-3-9-14-12/h3-4,9,11H,5-8,10H2,1-2H3. The van der Waals surface area contributed by atoms with Crippen molar-refractivity contribution in [2.75, 3.05) is 0 Å². The summed E-state index contributed by atoms with van der Waals surface area (Å²) in [5.74, 6) is 0.960. The first-order chi connectivity index (χ1) is 6.66. The molecule has 1 heterocycles. The molecule has 1 aliphatic rings. The Labute approximate surface area is 91.4 Å². The van der Waals surface area contributed by atoms with E-state index in [1.807, 2.05) is 11.3 Å². The van der Waals surface area contributed by atoms with Crippen LogP contribution in [0.15, 0.2) is 17.5 Å². The lowest BCUT2D eigenvalue weighted by molar-refractivity contribution is 0.191. The van der Waals surface area contributed by atoms with Crippen molar-refractivity contribution in [2.45, 2.75) is 46.0 Å². The van der Waals surface area contributed by atoms with E-state index < -0.39 is 0 Å². The second-order valence-corrected chi connectivity index (χ2v) is 6.42. The Balaban J connectivity index is 1.85. The van der Waals surface area contributed by atoms with Crippen LogP contribution in [0.4, 0.5) is 0 Å². The highest BCUT2D eigenvalue weighted by atomic mass is 32.1. The van der Waals surface area contributed by atoms with Gasteiger partial charge in [0.2, 0.25) is 0 Å². The van der Waals surface area contributed by atoms with Gasteiger partial charge in [-0.15, -0.1) is 11.3 Å². The predicted molar refractivity (Wildman–Crippen MR) is 63.8 cm³/mol. The van der Waals surface area contributed by atoms with Gasteiger partial charge in [0.1, 0.15) is 0 Å². The highest BCUT2D eigenvalue weighted by Crippen LogP contribution is 2.39. The van der Waals surface area contributed by atoms with E-state index in [1.54, 1.807) is 4.88 Å². The first-order valence-corrected chi connectivity index (χ1v) is 6.56. The van der Waals surface area contributed by atoms with Gasteiger partial charge < -0.3 is 0 Å². The van der Waals surface area contributed by atoms with Gasteiger partial charge in [-0.3, -0.25) is 0 Å². The third-order valence-electron chi connectivity index (χ3n) is 3.53. The summed E-state index contributed by atoms with van der Waals surface area (Å²) < 4.78 is 0. The molecule has 0 spiro atoms. The van der Waals surface area contributed by atoms with Crippen LogP contribution in [0.25, 0.3) is 0 Å². The van der Waals surface area contributed by atoms with Crippen LogP contribution in [0, 0.1) is 11.3 Å². The summed E-state index contributed by atoms with van der Waals surface area (Å²) in [6.45, 7) is 4.82. The van der Waals surface area contributed by atoms with E-state index in [0.717, 1.165) is 5.92 Å². The van der Waals surface area contributed by atoms with Gasteiger partial charge in [0.25, 0.3) is 0 Å². The Hall–Kier alpha value is -0.300. The molecule has 1 fully saturated rings. The van der Waals surface area contributed by atoms with Gasteiger partial charge in [-0.2, -0.15) is 0 Å². The van der Waals surface area contributed by atoms with Crippen molar-refractivity contribution in [3.63, 3.8) is 0 Å². The van der Waals surface area contributed by atoms with E-state index in [9.17, 15) is 0 Å². The number of hydrogen-bond acceptors (Lipinski definition) is 1. The molecule has 1 aromatic heterocycles. The molecule has 1 aromatic rings. The van der Waals surface area contributed by atoms with Crippen molar-refractivity contribution in [1.29, 1.82) is 0 Å². The molecule has 0 unspecified atom stereocenters. The van der Waals surface area contributed by atoms with Gasteiger partial charge in [0.15, 0.2) is 0 Å². The van der Waals surface area contributed by atoms with Crippen molar-refractivity contribution in [3.05, 3.63) is 22.4 Å². The van der Waals surface area contributed by atoms with E-state index in [4.69, 9.17) is 0 Å². The van der Waals surface area contributed by atoms with Crippen LogP contribution < -0.4 is 0 Å². The Morgan fingerprint density at radius 1 is 1.36 bits per heavy atom. The molecule has 1 saturated carbocycles.